The quantitative estimate of drug-likeness (QED) is 0.796. The monoisotopic (exact) mass is 381 g/mol. The first-order valence-electron chi connectivity index (χ1n) is 8.86. The fourth-order valence-electron chi connectivity index (χ4n) is 3.20. The minimum absolute atomic E-state index is 0.00778. The van der Waals surface area contributed by atoms with Crippen LogP contribution in [0.1, 0.15) is 50.7 Å². The summed E-state index contributed by atoms with van der Waals surface area (Å²) >= 11 is 0. The molecule has 1 aliphatic carbocycles. The summed E-state index contributed by atoms with van der Waals surface area (Å²) < 4.78 is 33.9. The van der Waals surface area contributed by atoms with Gasteiger partial charge < -0.3 is 14.2 Å². The highest BCUT2D eigenvalue weighted by atomic mass is 32.2. The van der Waals surface area contributed by atoms with E-state index >= 15 is 0 Å². The van der Waals surface area contributed by atoms with Gasteiger partial charge in [-0.15, -0.1) is 0 Å². The summed E-state index contributed by atoms with van der Waals surface area (Å²) in [7, 11) is -3.78. The zero-order chi connectivity index (χ0) is 18.5. The molecule has 2 aromatic rings. The standard InChI is InChI=1S/C16H23N5O4S/c1-11(2)7-20-8-13(17-10-20)26(23,24)21-6-5-16(22,9-21)15-18-14(19-25-15)12-3-4-12/h8,10-12,22H,3-7,9H2,1-2H3/t16-/m1/s1. The molecule has 9 nitrogen and oxygen atoms in total. The lowest BCUT2D eigenvalue weighted by Gasteiger charge is -2.18. The molecule has 1 saturated heterocycles. The van der Waals surface area contributed by atoms with Crippen molar-refractivity contribution < 1.29 is 18.0 Å². The molecule has 1 atom stereocenters. The van der Waals surface area contributed by atoms with Crippen LogP contribution in [0.25, 0.3) is 0 Å². The number of aromatic nitrogens is 4. The first-order valence-corrected chi connectivity index (χ1v) is 10.3. The van der Waals surface area contributed by atoms with Gasteiger partial charge in [0.25, 0.3) is 15.9 Å². The third-order valence-corrected chi connectivity index (χ3v) is 6.52. The van der Waals surface area contributed by atoms with Gasteiger partial charge in [-0.1, -0.05) is 19.0 Å². The maximum atomic E-state index is 12.8. The third kappa shape index (κ3) is 3.17. The molecule has 1 saturated carbocycles. The van der Waals surface area contributed by atoms with Gasteiger partial charge in [-0.2, -0.15) is 9.29 Å². The maximum absolute atomic E-state index is 12.8. The predicted molar refractivity (Wildman–Crippen MR) is 90.6 cm³/mol. The molecule has 3 heterocycles. The molecule has 0 aromatic carbocycles. The molecular formula is C16H23N5O4S. The van der Waals surface area contributed by atoms with E-state index in [1.54, 1.807) is 4.57 Å². The van der Waals surface area contributed by atoms with E-state index in [0.717, 1.165) is 12.8 Å². The first kappa shape index (κ1) is 17.6. The van der Waals surface area contributed by atoms with Crippen molar-refractivity contribution in [1.29, 1.82) is 0 Å². The van der Waals surface area contributed by atoms with Crippen LogP contribution in [0.2, 0.25) is 0 Å². The van der Waals surface area contributed by atoms with Gasteiger partial charge in [0.2, 0.25) is 0 Å². The lowest BCUT2D eigenvalue weighted by Crippen LogP contribution is -2.34. The van der Waals surface area contributed by atoms with Crippen LogP contribution < -0.4 is 0 Å². The molecule has 0 spiro atoms. The molecule has 1 N–H and O–H groups in total. The highest BCUT2D eigenvalue weighted by Crippen LogP contribution is 2.40. The minimum atomic E-state index is -3.78. The van der Waals surface area contributed by atoms with Crippen molar-refractivity contribution in [3.63, 3.8) is 0 Å². The van der Waals surface area contributed by atoms with Crippen molar-refractivity contribution in [2.24, 2.45) is 5.92 Å². The first-order chi connectivity index (χ1) is 12.3. The summed E-state index contributed by atoms with van der Waals surface area (Å²) in [5.74, 6) is 1.39. The molecule has 2 aromatic heterocycles. The van der Waals surface area contributed by atoms with Crippen LogP contribution in [-0.4, -0.2) is 50.6 Å². The molecule has 10 heteroatoms. The average Bonchev–Trinajstić information content (AvgIpc) is 3.01. The molecule has 0 amide bonds. The summed E-state index contributed by atoms with van der Waals surface area (Å²) in [5.41, 5.74) is -1.45. The highest BCUT2D eigenvalue weighted by molar-refractivity contribution is 7.89. The Morgan fingerprint density at radius 2 is 2.19 bits per heavy atom. The van der Waals surface area contributed by atoms with Gasteiger partial charge in [0, 0.05) is 31.6 Å². The number of β-amino-alcohol motifs (C(OH)–C–C–N with tert-alkyl or cyclic N) is 1. The van der Waals surface area contributed by atoms with E-state index in [2.05, 4.69) is 29.0 Å². The summed E-state index contributed by atoms with van der Waals surface area (Å²) in [5, 5.41) is 14.8. The summed E-state index contributed by atoms with van der Waals surface area (Å²) in [4.78, 5) is 8.32. The maximum Gasteiger partial charge on any atom is 0.262 e. The number of rotatable bonds is 6. The molecule has 0 bridgehead atoms. The number of hydrogen-bond donors (Lipinski definition) is 1. The van der Waals surface area contributed by atoms with Gasteiger partial charge in [0.1, 0.15) is 0 Å². The summed E-state index contributed by atoms with van der Waals surface area (Å²) in [6.45, 7) is 4.86. The summed E-state index contributed by atoms with van der Waals surface area (Å²) in [6, 6.07) is 0. The van der Waals surface area contributed by atoms with E-state index in [-0.39, 0.29) is 30.4 Å². The van der Waals surface area contributed by atoms with Crippen molar-refractivity contribution in [3.8, 4) is 0 Å². The molecule has 26 heavy (non-hydrogen) atoms. The average molecular weight is 381 g/mol. The van der Waals surface area contributed by atoms with E-state index < -0.39 is 15.6 Å². The second kappa shape index (κ2) is 6.14. The Balaban J connectivity index is 1.52. The number of nitrogens with zero attached hydrogens (tertiary/aromatic N) is 5. The SMILES string of the molecule is CC(C)Cn1cnc(S(=O)(=O)N2CC[C@](O)(c3nc(C4CC4)no3)C2)c1. The Morgan fingerprint density at radius 3 is 2.88 bits per heavy atom. The molecular weight excluding hydrogens is 358 g/mol. The third-order valence-electron chi connectivity index (χ3n) is 4.78. The van der Waals surface area contributed by atoms with Crippen molar-refractivity contribution >= 4 is 10.0 Å². The number of imidazole rings is 1. The second-order valence-corrected chi connectivity index (χ2v) is 9.54. The molecule has 2 fully saturated rings. The van der Waals surface area contributed by atoms with Crippen molar-refractivity contribution in [1.82, 2.24) is 24.0 Å². The van der Waals surface area contributed by atoms with Crippen molar-refractivity contribution in [2.45, 2.75) is 56.2 Å². The molecule has 0 radical (unpaired) electrons. The van der Waals surface area contributed by atoms with Crippen LogP contribution in [0.3, 0.4) is 0 Å². The molecule has 4 rings (SSSR count). The van der Waals surface area contributed by atoms with E-state index in [1.165, 1.54) is 16.8 Å². The van der Waals surface area contributed by atoms with Crippen LogP contribution in [0.15, 0.2) is 22.1 Å². The Kier molecular flexibility index (Phi) is 4.16. The Morgan fingerprint density at radius 1 is 1.42 bits per heavy atom. The van der Waals surface area contributed by atoms with E-state index in [0.29, 0.717) is 24.2 Å². The number of hydrogen-bond acceptors (Lipinski definition) is 7. The normalized spacial score (nSPS) is 24.6. The van der Waals surface area contributed by atoms with Gasteiger partial charge in [-0.3, -0.25) is 0 Å². The Bertz CT molecular complexity index is 901. The van der Waals surface area contributed by atoms with Crippen molar-refractivity contribution in [3.05, 3.63) is 24.2 Å². The van der Waals surface area contributed by atoms with Crippen LogP contribution in [0.4, 0.5) is 0 Å². The predicted octanol–water partition coefficient (Wildman–Crippen LogP) is 1.08. The fourth-order valence-corrected chi connectivity index (χ4v) is 4.63. The molecule has 1 aliphatic heterocycles. The fraction of sp³-hybridized carbons (Fsp3) is 0.688. The molecule has 142 valence electrons. The number of sulfonamides is 1. The second-order valence-electron chi connectivity index (χ2n) is 7.65. The van der Waals surface area contributed by atoms with Gasteiger partial charge in [0.15, 0.2) is 16.5 Å². The van der Waals surface area contributed by atoms with E-state index in [4.69, 9.17) is 4.52 Å². The van der Waals surface area contributed by atoms with Crippen LogP contribution in [0, 0.1) is 5.92 Å². The van der Waals surface area contributed by atoms with Crippen molar-refractivity contribution in [2.75, 3.05) is 13.1 Å². The van der Waals surface area contributed by atoms with Crippen LogP contribution >= 0.6 is 0 Å². The summed E-state index contributed by atoms with van der Waals surface area (Å²) in [6.07, 6.45) is 5.32. The largest absolute Gasteiger partial charge is 0.379 e. The van der Waals surface area contributed by atoms with E-state index in [9.17, 15) is 13.5 Å². The highest BCUT2D eigenvalue weighted by Gasteiger charge is 2.47. The lowest BCUT2D eigenvalue weighted by atomic mass is 10.0. The smallest absolute Gasteiger partial charge is 0.262 e. The number of aliphatic hydroxyl groups is 1. The lowest BCUT2D eigenvalue weighted by molar-refractivity contribution is 0.0194. The van der Waals surface area contributed by atoms with Crippen LogP contribution in [0.5, 0.6) is 0 Å². The van der Waals surface area contributed by atoms with Gasteiger partial charge in [0.05, 0.1) is 12.9 Å². The van der Waals surface area contributed by atoms with Gasteiger partial charge >= 0.3 is 0 Å². The van der Waals surface area contributed by atoms with Gasteiger partial charge in [-0.25, -0.2) is 13.4 Å². The van der Waals surface area contributed by atoms with Crippen LogP contribution in [-0.2, 0) is 22.2 Å². The molecule has 2 aliphatic rings. The minimum Gasteiger partial charge on any atom is -0.379 e. The Hall–Kier alpha value is -1.78. The van der Waals surface area contributed by atoms with Gasteiger partial charge in [-0.05, 0) is 18.8 Å². The molecule has 0 unspecified atom stereocenters. The van der Waals surface area contributed by atoms with E-state index in [1.807, 2.05) is 0 Å². The Labute approximate surface area is 152 Å². The zero-order valence-electron chi connectivity index (χ0n) is 14.9. The zero-order valence-corrected chi connectivity index (χ0v) is 15.7. The topological polar surface area (TPSA) is 114 Å².